The standard InChI is InChI=1S/C17H19BO4/c1-13-15-8-5-9-16(17(15)18(19)22-13)21-11-10-20-12-14-6-3-2-4-7-14/h2-9,13,19H,10-12H2,1H3/t13-/m1/s1. The van der Waals surface area contributed by atoms with Crippen LogP contribution in [-0.4, -0.2) is 25.4 Å². The lowest BCUT2D eigenvalue weighted by Gasteiger charge is -2.11. The molecule has 1 heterocycles. The van der Waals surface area contributed by atoms with E-state index >= 15 is 0 Å². The number of ether oxygens (including phenoxy) is 2. The number of hydrogen-bond acceptors (Lipinski definition) is 4. The summed E-state index contributed by atoms with van der Waals surface area (Å²) in [6.07, 6.45) is -0.108. The second-order valence-corrected chi connectivity index (χ2v) is 5.28. The van der Waals surface area contributed by atoms with Gasteiger partial charge in [-0.25, -0.2) is 0 Å². The van der Waals surface area contributed by atoms with Crippen molar-refractivity contribution in [3.8, 4) is 5.75 Å². The fourth-order valence-corrected chi connectivity index (χ4v) is 2.62. The Bertz CT molecular complexity index is 617. The topological polar surface area (TPSA) is 47.9 Å². The van der Waals surface area contributed by atoms with Gasteiger partial charge in [0.05, 0.1) is 19.3 Å². The van der Waals surface area contributed by atoms with Crippen LogP contribution in [0.15, 0.2) is 48.5 Å². The van der Waals surface area contributed by atoms with E-state index in [1.165, 1.54) is 0 Å². The predicted octanol–water partition coefficient (Wildman–Crippen LogP) is 2.06. The van der Waals surface area contributed by atoms with Gasteiger partial charge in [0.25, 0.3) is 0 Å². The van der Waals surface area contributed by atoms with Crippen LogP contribution in [0.25, 0.3) is 0 Å². The highest BCUT2D eigenvalue weighted by atomic mass is 16.5. The Hall–Kier alpha value is -1.82. The first-order chi connectivity index (χ1) is 10.8. The molecule has 1 aliphatic rings. The third-order valence-electron chi connectivity index (χ3n) is 3.71. The number of hydrogen-bond donors (Lipinski definition) is 1. The molecule has 0 aliphatic carbocycles. The van der Waals surface area contributed by atoms with E-state index in [-0.39, 0.29) is 6.10 Å². The van der Waals surface area contributed by atoms with E-state index in [1.54, 1.807) is 0 Å². The zero-order chi connectivity index (χ0) is 15.4. The second-order valence-electron chi connectivity index (χ2n) is 5.28. The van der Waals surface area contributed by atoms with Crippen molar-refractivity contribution in [2.45, 2.75) is 19.6 Å². The van der Waals surface area contributed by atoms with Gasteiger partial charge in [0.15, 0.2) is 0 Å². The minimum Gasteiger partial charge on any atom is -0.492 e. The van der Waals surface area contributed by atoms with Gasteiger partial charge in [0, 0.05) is 5.46 Å². The monoisotopic (exact) mass is 298 g/mol. The van der Waals surface area contributed by atoms with E-state index in [0.29, 0.717) is 25.6 Å². The predicted molar refractivity (Wildman–Crippen MR) is 85.1 cm³/mol. The molecule has 0 saturated carbocycles. The number of rotatable bonds is 6. The Morgan fingerprint density at radius 1 is 1.09 bits per heavy atom. The summed E-state index contributed by atoms with van der Waals surface area (Å²) in [5.41, 5.74) is 2.86. The first-order valence-corrected chi connectivity index (χ1v) is 7.46. The third-order valence-corrected chi connectivity index (χ3v) is 3.71. The lowest BCUT2D eigenvalue weighted by Crippen LogP contribution is -2.30. The Morgan fingerprint density at radius 2 is 1.91 bits per heavy atom. The van der Waals surface area contributed by atoms with E-state index in [4.69, 9.17) is 14.1 Å². The van der Waals surface area contributed by atoms with Crippen molar-refractivity contribution >= 4 is 12.6 Å². The molecule has 2 aromatic rings. The number of benzene rings is 2. The lowest BCUT2D eigenvalue weighted by molar-refractivity contribution is 0.0892. The van der Waals surface area contributed by atoms with Gasteiger partial charge in [0.2, 0.25) is 0 Å². The molecule has 1 N–H and O–H groups in total. The van der Waals surface area contributed by atoms with E-state index in [9.17, 15) is 5.02 Å². The van der Waals surface area contributed by atoms with E-state index < -0.39 is 7.12 Å². The molecule has 0 radical (unpaired) electrons. The first-order valence-electron chi connectivity index (χ1n) is 7.46. The first kappa shape index (κ1) is 15.1. The highest BCUT2D eigenvalue weighted by molar-refractivity contribution is 6.62. The maximum Gasteiger partial charge on any atom is 0.495 e. The minimum atomic E-state index is -0.911. The molecule has 0 aromatic heterocycles. The minimum absolute atomic E-state index is 0.108. The van der Waals surface area contributed by atoms with Gasteiger partial charge in [-0.3, -0.25) is 0 Å². The molecule has 0 saturated heterocycles. The van der Waals surface area contributed by atoms with Gasteiger partial charge in [-0.1, -0.05) is 42.5 Å². The number of fused-ring (bicyclic) bond motifs is 1. The molecule has 3 rings (SSSR count). The van der Waals surface area contributed by atoms with Gasteiger partial charge in [-0.2, -0.15) is 0 Å². The summed E-state index contributed by atoms with van der Waals surface area (Å²) in [5, 5.41) is 9.95. The molecule has 0 amide bonds. The third kappa shape index (κ3) is 3.33. The Morgan fingerprint density at radius 3 is 2.73 bits per heavy atom. The molecule has 0 fully saturated rings. The molecule has 2 aromatic carbocycles. The van der Waals surface area contributed by atoms with Crippen LogP contribution in [0, 0.1) is 0 Å². The van der Waals surface area contributed by atoms with Crippen molar-refractivity contribution in [3.63, 3.8) is 0 Å². The average molecular weight is 298 g/mol. The van der Waals surface area contributed by atoms with Crippen molar-refractivity contribution in [1.82, 2.24) is 0 Å². The average Bonchev–Trinajstić information content (AvgIpc) is 2.83. The molecule has 0 bridgehead atoms. The SMILES string of the molecule is C[C@H]1OB(O)c2c(OCCOCc3ccccc3)cccc21. The van der Waals surface area contributed by atoms with Crippen molar-refractivity contribution < 1.29 is 19.2 Å². The van der Waals surface area contributed by atoms with Gasteiger partial charge < -0.3 is 19.2 Å². The van der Waals surface area contributed by atoms with Gasteiger partial charge in [-0.05, 0) is 24.1 Å². The normalized spacial score (nSPS) is 16.6. The summed E-state index contributed by atoms with van der Waals surface area (Å²) in [5.74, 6) is 0.665. The van der Waals surface area contributed by atoms with Crippen LogP contribution < -0.4 is 10.2 Å². The zero-order valence-electron chi connectivity index (χ0n) is 12.6. The molecule has 1 atom stereocenters. The van der Waals surface area contributed by atoms with Crippen LogP contribution in [0.4, 0.5) is 0 Å². The molecule has 0 unspecified atom stereocenters. The molecule has 114 valence electrons. The Balaban J connectivity index is 1.51. The maximum atomic E-state index is 9.95. The molecule has 4 nitrogen and oxygen atoms in total. The lowest BCUT2D eigenvalue weighted by atomic mass is 9.78. The Kier molecular flexibility index (Phi) is 4.78. The van der Waals surface area contributed by atoms with Crippen molar-refractivity contribution in [2.24, 2.45) is 0 Å². The zero-order valence-corrected chi connectivity index (χ0v) is 12.6. The summed E-state index contributed by atoms with van der Waals surface area (Å²) in [6.45, 7) is 3.41. The summed E-state index contributed by atoms with van der Waals surface area (Å²) in [4.78, 5) is 0. The summed E-state index contributed by atoms with van der Waals surface area (Å²) < 4.78 is 16.7. The van der Waals surface area contributed by atoms with Crippen LogP contribution in [0.2, 0.25) is 0 Å². The van der Waals surface area contributed by atoms with Gasteiger partial charge >= 0.3 is 7.12 Å². The van der Waals surface area contributed by atoms with Crippen LogP contribution in [0.1, 0.15) is 24.2 Å². The molecular weight excluding hydrogens is 279 g/mol. The van der Waals surface area contributed by atoms with Crippen LogP contribution in [-0.2, 0) is 16.0 Å². The quantitative estimate of drug-likeness (QED) is 0.655. The summed E-state index contributed by atoms with van der Waals surface area (Å²) in [6, 6.07) is 15.7. The largest absolute Gasteiger partial charge is 0.495 e. The summed E-state index contributed by atoms with van der Waals surface area (Å²) >= 11 is 0. The molecular formula is C17H19BO4. The van der Waals surface area contributed by atoms with Crippen LogP contribution in [0.3, 0.4) is 0 Å². The molecule has 0 spiro atoms. The molecule has 5 heteroatoms. The van der Waals surface area contributed by atoms with E-state index in [2.05, 4.69) is 0 Å². The molecule has 1 aliphatic heterocycles. The Labute approximate surface area is 130 Å². The van der Waals surface area contributed by atoms with Crippen LogP contribution in [0.5, 0.6) is 5.75 Å². The second kappa shape index (κ2) is 6.96. The van der Waals surface area contributed by atoms with Gasteiger partial charge in [0.1, 0.15) is 12.4 Å². The maximum absolute atomic E-state index is 9.95. The van der Waals surface area contributed by atoms with Crippen molar-refractivity contribution in [2.75, 3.05) is 13.2 Å². The van der Waals surface area contributed by atoms with Crippen molar-refractivity contribution in [1.29, 1.82) is 0 Å². The fourth-order valence-electron chi connectivity index (χ4n) is 2.62. The van der Waals surface area contributed by atoms with E-state index in [1.807, 2.05) is 55.5 Å². The smallest absolute Gasteiger partial charge is 0.492 e. The highest BCUT2D eigenvalue weighted by Gasteiger charge is 2.35. The van der Waals surface area contributed by atoms with Crippen LogP contribution >= 0.6 is 0 Å². The van der Waals surface area contributed by atoms with Crippen molar-refractivity contribution in [3.05, 3.63) is 59.7 Å². The fraction of sp³-hybridized carbons (Fsp3) is 0.294. The summed E-state index contributed by atoms with van der Waals surface area (Å²) in [7, 11) is -0.911. The highest BCUT2D eigenvalue weighted by Crippen LogP contribution is 2.26. The van der Waals surface area contributed by atoms with E-state index in [0.717, 1.165) is 16.6 Å². The molecule has 22 heavy (non-hydrogen) atoms. The van der Waals surface area contributed by atoms with Gasteiger partial charge in [-0.15, -0.1) is 0 Å².